The summed E-state index contributed by atoms with van der Waals surface area (Å²) >= 11 is 0. The molecule has 0 aromatic carbocycles. The number of nitrogens with zero attached hydrogens (tertiary/aromatic N) is 1. The van der Waals surface area contributed by atoms with Crippen molar-refractivity contribution in [3.05, 3.63) is 0 Å². The minimum Gasteiger partial charge on any atom is -0.369 e. The van der Waals surface area contributed by atoms with Gasteiger partial charge in [-0.05, 0) is 26.2 Å². The highest BCUT2D eigenvalue weighted by Gasteiger charge is 2.38. The molecule has 19 heavy (non-hydrogen) atoms. The molecule has 1 atom stereocenters. The van der Waals surface area contributed by atoms with Crippen LogP contribution in [0.25, 0.3) is 0 Å². The molecule has 1 rings (SSSR count). The second kappa shape index (κ2) is 6.91. The van der Waals surface area contributed by atoms with Gasteiger partial charge in [0, 0.05) is 7.11 Å². The number of carbonyl (C=O) groups excluding carboxylic acids is 1. The van der Waals surface area contributed by atoms with Crippen LogP contribution in [0, 0.1) is 11.3 Å². The first-order valence-electron chi connectivity index (χ1n) is 7.31. The predicted molar refractivity (Wildman–Crippen MR) is 74.5 cm³/mol. The molecule has 0 bridgehead atoms. The molecule has 0 radical (unpaired) electrons. The normalized spacial score (nSPS) is 22.4. The number of rotatable bonds is 4. The van der Waals surface area contributed by atoms with Crippen LogP contribution >= 0.6 is 0 Å². The lowest BCUT2D eigenvalue weighted by atomic mass is 9.84. The van der Waals surface area contributed by atoms with E-state index in [-0.39, 0.29) is 5.91 Å². The van der Waals surface area contributed by atoms with Crippen LogP contribution in [-0.4, -0.2) is 24.2 Å². The van der Waals surface area contributed by atoms with Crippen molar-refractivity contribution in [3.63, 3.8) is 0 Å². The van der Waals surface area contributed by atoms with Crippen LogP contribution in [0.2, 0.25) is 0 Å². The van der Waals surface area contributed by atoms with Crippen molar-refractivity contribution in [1.82, 2.24) is 5.32 Å². The maximum Gasteiger partial charge on any atom is 0.253 e. The average molecular weight is 266 g/mol. The molecular formula is C15H26N2O2. The Morgan fingerprint density at radius 1 is 1.32 bits per heavy atom. The van der Waals surface area contributed by atoms with Gasteiger partial charge in [-0.2, -0.15) is 5.26 Å². The largest absolute Gasteiger partial charge is 0.369 e. The molecule has 108 valence electrons. The number of nitriles is 1. The number of hydrogen-bond donors (Lipinski definition) is 1. The summed E-state index contributed by atoms with van der Waals surface area (Å²) in [5.41, 5.74) is -1.54. The maximum absolute atomic E-state index is 12.4. The predicted octanol–water partition coefficient (Wildman–Crippen LogP) is 2.92. The molecule has 1 amide bonds. The van der Waals surface area contributed by atoms with Gasteiger partial charge >= 0.3 is 0 Å². The zero-order valence-corrected chi connectivity index (χ0v) is 12.4. The number of carbonyl (C=O) groups is 1. The van der Waals surface area contributed by atoms with Gasteiger partial charge < -0.3 is 10.1 Å². The van der Waals surface area contributed by atoms with Crippen molar-refractivity contribution in [2.24, 2.45) is 0 Å². The monoisotopic (exact) mass is 266 g/mol. The quantitative estimate of drug-likeness (QED) is 0.851. The first-order chi connectivity index (χ1) is 9.02. The van der Waals surface area contributed by atoms with E-state index in [1.54, 1.807) is 14.0 Å². The maximum atomic E-state index is 12.4. The molecular weight excluding hydrogens is 240 g/mol. The fourth-order valence-corrected chi connectivity index (χ4v) is 2.52. The van der Waals surface area contributed by atoms with E-state index in [0.717, 1.165) is 38.5 Å². The third kappa shape index (κ3) is 3.94. The van der Waals surface area contributed by atoms with Crippen LogP contribution in [0.15, 0.2) is 0 Å². The lowest BCUT2D eigenvalue weighted by Gasteiger charge is -2.34. The molecule has 1 N–H and O–H groups in total. The molecule has 4 heteroatoms. The molecule has 1 unspecified atom stereocenters. The van der Waals surface area contributed by atoms with E-state index in [2.05, 4.69) is 11.4 Å². The van der Waals surface area contributed by atoms with E-state index >= 15 is 0 Å². The first kappa shape index (κ1) is 16.0. The number of hydrogen-bond acceptors (Lipinski definition) is 3. The van der Waals surface area contributed by atoms with Crippen molar-refractivity contribution in [2.45, 2.75) is 76.4 Å². The van der Waals surface area contributed by atoms with Crippen molar-refractivity contribution in [1.29, 1.82) is 5.26 Å². The van der Waals surface area contributed by atoms with Crippen LogP contribution in [0.1, 0.15) is 65.2 Å². The fraction of sp³-hybridized carbons (Fsp3) is 0.867. The fourth-order valence-electron chi connectivity index (χ4n) is 2.52. The molecule has 1 aliphatic carbocycles. The number of amides is 1. The van der Waals surface area contributed by atoms with E-state index in [0.29, 0.717) is 6.42 Å². The van der Waals surface area contributed by atoms with Gasteiger partial charge in [0.25, 0.3) is 5.91 Å². The lowest BCUT2D eigenvalue weighted by Crippen LogP contribution is -2.55. The van der Waals surface area contributed by atoms with Gasteiger partial charge in [0.2, 0.25) is 0 Å². The lowest BCUT2D eigenvalue weighted by molar-refractivity contribution is -0.143. The molecule has 0 heterocycles. The Balaban J connectivity index is 2.79. The van der Waals surface area contributed by atoms with Gasteiger partial charge in [0.1, 0.15) is 11.1 Å². The SMILES string of the molecule is CCC(C)(OC)C(=O)NC1(C#N)CCCCCCC1. The number of nitrogens with one attached hydrogen (secondary N) is 1. The Bertz CT molecular complexity index is 335. The van der Waals surface area contributed by atoms with Gasteiger partial charge in [-0.15, -0.1) is 0 Å². The Labute approximate surface area is 116 Å². The zero-order valence-electron chi connectivity index (χ0n) is 12.4. The third-order valence-corrected chi connectivity index (χ3v) is 4.38. The van der Waals surface area contributed by atoms with E-state index < -0.39 is 11.1 Å². The second-order valence-electron chi connectivity index (χ2n) is 5.70. The van der Waals surface area contributed by atoms with Crippen LogP contribution in [0.4, 0.5) is 0 Å². The van der Waals surface area contributed by atoms with Crippen molar-refractivity contribution in [3.8, 4) is 6.07 Å². The molecule has 0 aliphatic heterocycles. The Hall–Kier alpha value is -1.08. The summed E-state index contributed by atoms with van der Waals surface area (Å²) in [6.45, 7) is 3.69. The van der Waals surface area contributed by atoms with Crippen LogP contribution in [0.3, 0.4) is 0 Å². The van der Waals surface area contributed by atoms with Gasteiger partial charge in [0.15, 0.2) is 0 Å². The summed E-state index contributed by atoms with van der Waals surface area (Å²) in [7, 11) is 1.54. The van der Waals surface area contributed by atoms with Gasteiger partial charge in [-0.25, -0.2) is 0 Å². The van der Waals surface area contributed by atoms with Crippen LogP contribution in [-0.2, 0) is 9.53 Å². The summed E-state index contributed by atoms with van der Waals surface area (Å²) in [6, 6.07) is 2.35. The number of ether oxygens (including phenoxy) is 1. The first-order valence-corrected chi connectivity index (χ1v) is 7.31. The van der Waals surface area contributed by atoms with Gasteiger partial charge in [-0.3, -0.25) is 4.79 Å². The Morgan fingerprint density at radius 2 is 1.84 bits per heavy atom. The van der Waals surface area contributed by atoms with E-state index in [1.807, 2.05) is 6.92 Å². The minimum atomic E-state index is -0.841. The third-order valence-electron chi connectivity index (χ3n) is 4.38. The van der Waals surface area contributed by atoms with Crippen molar-refractivity contribution >= 4 is 5.91 Å². The highest BCUT2D eigenvalue weighted by atomic mass is 16.5. The topological polar surface area (TPSA) is 62.1 Å². The van der Waals surface area contributed by atoms with Crippen LogP contribution in [0.5, 0.6) is 0 Å². The molecule has 1 saturated carbocycles. The van der Waals surface area contributed by atoms with Gasteiger partial charge in [0.05, 0.1) is 6.07 Å². The van der Waals surface area contributed by atoms with Gasteiger partial charge in [-0.1, -0.05) is 39.0 Å². The summed E-state index contributed by atoms with van der Waals surface area (Å²) in [5, 5.41) is 12.5. The van der Waals surface area contributed by atoms with E-state index in [4.69, 9.17) is 4.74 Å². The zero-order chi connectivity index (χ0) is 14.4. The summed E-state index contributed by atoms with van der Waals surface area (Å²) in [4.78, 5) is 12.4. The summed E-state index contributed by atoms with van der Waals surface area (Å²) < 4.78 is 5.31. The van der Waals surface area contributed by atoms with Crippen molar-refractivity contribution < 1.29 is 9.53 Å². The highest BCUT2D eigenvalue weighted by Crippen LogP contribution is 2.27. The average Bonchev–Trinajstić information content (AvgIpc) is 2.41. The Morgan fingerprint density at radius 3 is 2.26 bits per heavy atom. The smallest absolute Gasteiger partial charge is 0.253 e. The minimum absolute atomic E-state index is 0.167. The summed E-state index contributed by atoms with van der Waals surface area (Å²) in [6.07, 6.45) is 7.63. The highest BCUT2D eigenvalue weighted by molar-refractivity contribution is 5.85. The molecule has 1 fully saturated rings. The molecule has 4 nitrogen and oxygen atoms in total. The van der Waals surface area contributed by atoms with Crippen molar-refractivity contribution in [2.75, 3.05) is 7.11 Å². The molecule has 0 aromatic heterocycles. The number of methoxy groups -OCH3 is 1. The summed E-state index contributed by atoms with van der Waals surface area (Å²) in [5.74, 6) is -0.167. The standard InChI is InChI=1S/C15H26N2O2/c1-4-14(2,19-3)13(18)17-15(12-16)10-8-6-5-7-9-11-15/h4-11H2,1-3H3,(H,17,18). The van der Waals surface area contributed by atoms with E-state index in [9.17, 15) is 10.1 Å². The Kier molecular flexibility index (Phi) is 5.81. The molecule has 0 aromatic rings. The molecule has 0 saturated heterocycles. The second-order valence-corrected chi connectivity index (χ2v) is 5.70. The molecule has 1 aliphatic rings. The molecule has 0 spiro atoms. The van der Waals surface area contributed by atoms with Crippen LogP contribution < -0.4 is 5.32 Å². The van der Waals surface area contributed by atoms with E-state index in [1.165, 1.54) is 6.42 Å².